The summed E-state index contributed by atoms with van der Waals surface area (Å²) in [7, 11) is 0. The van der Waals surface area contributed by atoms with Crippen molar-refractivity contribution in [3.05, 3.63) is 23.8 Å². The van der Waals surface area contributed by atoms with E-state index in [2.05, 4.69) is 31.5 Å². The van der Waals surface area contributed by atoms with E-state index in [0.29, 0.717) is 0 Å². The molecule has 0 aromatic carbocycles. The molecule has 1 aliphatic rings. The third-order valence-electron chi connectivity index (χ3n) is 2.77. The molecule has 0 spiro atoms. The van der Waals surface area contributed by atoms with Crippen LogP contribution in [0.5, 0.6) is 0 Å². The van der Waals surface area contributed by atoms with E-state index >= 15 is 0 Å². The third-order valence-corrected chi connectivity index (χ3v) is 3.65. The highest BCUT2D eigenvalue weighted by Crippen LogP contribution is 2.29. The van der Waals surface area contributed by atoms with Crippen molar-refractivity contribution >= 4 is 17.2 Å². The van der Waals surface area contributed by atoms with Gasteiger partial charge < -0.3 is 10.2 Å². The number of hydrogen-bond donors (Lipinski definition) is 1. The minimum Gasteiger partial charge on any atom is -0.352 e. The number of rotatable bonds is 2. The highest BCUT2D eigenvalue weighted by Gasteiger charge is 2.18. The summed E-state index contributed by atoms with van der Waals surface area (Å²) in [6.45, 7) is 3.93. The van der Waals surface area contributed by atoms with Gasteiger partial charge in [-0.25, -0.2) is 4.98 Å². The van der Waals surface area contributed by atoms with Gasteiger partial charge in [-0.1, -0.05) is 6.07 Å². The van der Waals surface area contributed by atoms with E-state index in [0.717, 1.165) is 42.6 Å². The van der Waals surface area contributed by atoms with Crippen molar-refractivity contribution < 1.29 is 0 Å². The van der Waals surface area contributed by atoms with Crippen LogP contribution in [0.2, 0.25) is 0 Å². The molecule has 0 bridgehead atoms. The van der Waals surface area contributed by atoms with Crippen molar-refractivity contribution in [1.29, 1.82) is 0 Å². The smallest absolute Gasteiger partial charge is 0.159 e. The number of thiophene rings is 1. The zero-order valence-corrected chi connectivity index (χ0v) is 10.2. The predicted octanol–water partition coefficient (Wildman–Crippen LogP) is 1.01. The minimum absolute atomic E-state index is 0.893. The van der Waals surface area contributed by atoms with Gasteiger partial charge in [-0.05, 0) is 11.4 Å². The van der Waals surface area contributed by atoms with E-state index in [-0.39, 0.29) is 0 Å². The second kappa shape index (κ2) is 4.77. The van der Waals surface area contributed by atoms with Crippen molar-refractivity contribution in [2.75, 3.05) is 31.1 Å². The van der Waals surface area contributed by atoms with Crippen LogP contribution in [0, 0.1) is 0 Å². The molecule has 0 atom stereocenters. The maximum Gasteiger partial charge on any atom is 0.159 e. The van der Waals surface area contributed by atoms with Crippen LogP contribution in [-0.4, -0.2) is 41.4 Å². The first kappa shape index (κ1) is 10.6. The largest absolute Gasteiger partial charge is 0.352 e. The molecule has 1 N–H and O–H groups in total. The Kier molecular flexibility index (Phi) is 2.98. The molecule has 2 aromatic heterocycles. The van der Waals surface area contributed by atoms with Gasteiger partial charge >= 0.3 is 0 Å². The van der Waals surface area contributed by atoms with Crippen LogP contribution < -0.4 is 10.2 Å². The van der Waals surface area contributed by atoms with Gasteiger partial charge in [0.2, 0.25) is 0 Å². The first-order chi connectivity index (χ1) is 8.45. The summed E-state index contributed by atoms with van der Waals surface area (Å²) in [5.74, 6) is 0.948. The van der Waals surface area contributed by atoms with Gasteiger partial charge in [0, 0.05) is 26.2 Å². The lowest BCUT2D eigenvalue weighted by Gasteiger charge is -2.28. The number of hydrogen-bond acceptors (Lipinski definition) is 6. The maximum atomic E-state index is 4.39. The standard InChI is InChI=1S/C11H13N5S/c1-2-9(17-7-1)10-11(13-8-14-15-10)16-5-3-12-4-6-16/h1-2,7-8,12H,3-6H2. The highest BCUT2D eigenvalue weighted by atomic mass is 32.1. The van der Waals surface area contributed by atoms with Crippen molar-refractivity contribution in [1.82, 2.24) is 20.5 Å². The van der Waals surface area contributed by atoms with Crippen LogP contribution in [0.3, 0.4) is 0 Å². The van der Waals surface area contributed by atoms with E-state index in [1.165, 1.54) is 6.33 Å². The zero-order valence-electron chi connectivity index (χ0n) is 9.33. The SMILES string of the molecule is c1csc(-c2nncnc2N2CCNCC2)c1. The summed E-state index contributed by atoms with van der Waals surface area (Å²) in [4.78, 5) is 7.78. The molecular weight excluding hydrogens is 234 g/mol. The first-order valence-electron chi connectivity index (χ1n) is 5.62. The predicted molar refractivity (Wildman–Crippen MR) is 68.2 cm³/mol. The molecule has 1 aliphatic heterocycles. The van der Waals surface area contributed by atoms with Crippen LogP contribution in [-0.2, 0) is 0 Å². The lowest BCUT2D eigenvalue weighted by molar-refractivity contribution is 0.584. The quantitative estimate of drug-likeness (QED) is 0.858. The Balaban J connectivity index is 1.98. The van der Waals surface area contributed by atoms with Crippen molar-refractivity contribution in [3.8, 4) is 10.6 Å². The molecule has 0 unspecified atom stereocenters. The van der Waals surface area contributed by atoms with Crippen molar-refractivity contribution in [3.63, 3.8) is 0 Å². The second-order valence-corrected chi connectivity index (χ2v) is 4.79. The first-order valence-corrected chi connectivity index (χ1v) is 6.50. The molecule has 3 heterocycles. The Morgan fingerprint density at radius 2 is 2.18 bits per heavy atom. The fourth-order valence-corrected chi connectivity index (χ4v) is 2.66. The molecule has 0 saturated carbocycles. The van der Waals surface area contributed by atoms with Gasteiger partial charge in [-0.15, -0.1) is 21.5 Å². The summed E-state index contributed by atoms with van der Waals surface area (Å²) in [6.07, 6.45) is 1.52. The molecule has 0 amide bonds. The second-order valence-electron chi connectivity index (χ2n) is 3.85. The molecule has 1 saturated heterocycles. The number of nitrogens with zero attached hydrogens (tertiary/aromatic N) is 4. The van der Waals surface area contributed by atoms with Crippen LogP contribution in [0.25, 0.3) is 10.6 Å². The lowest BCUT2D eigenvalue weighted by atomic mass is 10.3. The molecule has 2 aromatic rings. The molecule has 3 rings (SSSR count). The van der Waals surface area contributed by atoms with Crippen molar-refractivity contribution in [2.24, 2.45) is 0 Å². The number of piperazine rings is 1. The number of aromatic nitrogens is 3. The maximum absolute atomic E-state index is 4.39. The Morgan fingerprint density at radius 1 is 1.29 bits per heavy atom. The van der Waals surface area contributed by atoms with Gasteiger partial charge in [-0.2, -0.15) is 0 Å². The summed E-state index contributed by atoms with van der Waals surface area (Å²) < 4.78 is 0. The summed E-state index contributed by atoms with van der Waals surface area (Å²) in [6, 6.07) is 4.08. The lowest BCUT2D eigenvalue weighted by Crippen LogP contribution is -2.44. The van der Waals surface area contributed by atoms with Gasteiger partial charge in [0.1, 0.15) is 12.0 Å². The fourth-order valence-electron chi connectivity index (χ4n) is 1.95. The Morgan fingerprint density at radius 3 is 2.94 bits per heavy atom. The van der Waals surface area contributed by atoms with Crippen LogP contribution in [0.1, 0.15) is 0 Å². The average molecular weight is 247 g/mol. The summed E-state index contributed by atoms with van der Waals surface area (Å²) >= 11 is 1.67. The van der Waals surface area contributed by atoms with Crippen molar-refractivity contribution in [2.45, 2.75) is 0 Å². The van der Waals surface area contributed by atoms with Gasteiger partial charge in [0.25, 0.3) is 0 Å². The summed E-state index contributed by atoms with van der Waals surface area (Å²) in [5.41, 5.74) is 0.893. The minimum atomic E-state index is 0.893. The molecule has 17 heavy (non-hydrogen) atoms. The molecule has 6 heteroatoms. The monoisotopic (exact) mass is 247 g/mol. The molecule has 5 nitrogen and oxygen atoms in total. The molecule has 0 radical (unpaired) electrons. The number of anilines is 1. The van der Waals surface area contributed by atoms with Crippen LogP contribution in [0.15, 0.2) is 23.8 Å². The van der Waals surface area contributed by atoms with E-state index in [1.54, 1.807) is 11.3 Å². The topological polar surface area (TPSA) is 53.9 Å². The van der Waals surface area contributed by atoms with E-state index < -0.39 is 0 Å². The normalized spacial score (nSPS) is 16.1. The number of nitrogens with one attached hydrogen (secondary N) is 1. The van der Waals surface area contributed by atoms with Crippen LogP contribution >= 0.6 is 11.3 Å². The van der Waals surface area contributed by atoms with Gasteiger partial charge in [-0.3, -0.25) is 0 Å². The van der Waals surface area contributed by atoms with E-state index in [1.807, 2.05) is 11.4 Å². The third kappa shape index (κ3) is 2.13. The molecular formula is C11H13N5S. The van der Waals surface area contributed by atoms with Gasteiger partial charge in [0.15, 0.2) is 5.82 Å². The van der Waals surface area contributed by atoms with E-state index in [4.69, 9.17) is 0 Å². The average Bonchev–Trinajstić information content (AvgIpc) is 2.94. The molecule has 1 fully saturated rings. The molecule has 88 valence electrons. The zero-order chi connectivity index (χ0) is 11.5. The Labute approximate surface area is 104 Å². The van der Waals surface area contributed by atoms with E-state index in [9.17, 15) is 0 Å². The van der Waals surface area contributed by atoms with Gasteiger partial charge in [0.05, 0.1) is 4.88 Å². The summed E-state index contributed by atoms with van der Waals surface area (Å²) in [5, 5.41) is 13.5. The van der Waals surface area contributed by atoms with Crippen LogP contribution in [0.4, 0.5) is 5.82 Å². The highest BCUT2D eigenvalue weighted by molar-refractivity contribution is 7.13. The Bertz CT molecular complexity index is 478. The fraction of sp³-hybridized carbons (Fsp3) is 0.364. The molecule has 0 aliphatic carbocycles. The Hall–Kier alpha value is -1.53.